The number of nitrogens with zero attached hydrogens (tertiary/aromatic N) is 2. The molecular weight excluding hydrogens is 258 g/mol. The van der Waals surface area contributed by atoms with Crippen molar-refractivity contribution in [1.29, 1.82) is 0 Å². The van der Waals surface area contributed by atoms with Crippen LogP contribution in [0.1, 0.15) is 76.9 Å². The average molecular weight is 289 g/mol. The quantitative estimate of drug-likeness (QED) is 0.851. The van der Waals surface area contributed by atoms with Crippen LogP contribution in [0.15, 0.2) is 6.20 Å². The molecule has 3 atom stereocenters. The Hall–Kier alpha value is -0.990. The molecule has 1 N–H and O–H groups in total. The molecule has 0 bridgehead atoms. The molecule has 2 aliphatic rings. The lowest BCUT2D eigenvalue weighted by Crippen LogP contribution is -2.26. The Kier molecular flexibility index (Phi) is 4.56. The maximum Gasteiger partial charge on any atom is 0.203 e. The summed E-state index contributed by atoms with van der Waals surface area (Å²) < 4.78 is 2.46. The van der Waals surface area contributed by atoms with Gasteiger partial charge < -0.3 is 9.88 Å². The lowest BCUT2D eigenvalue weighted by atomic mass is 9.93. The van der Waals surface area contributed by atoms with Crippen LogP contribution in [0.2, 0.25) is 0 Å². The number of rotatable bonds is 4. The van der Waals surface area contributed by atoms with E-state index in [1.807, 2.05) is 0 Å². The number of hydrogen-bond acceptors (Lipinski definition) is 2. The van der Waals surface area contributed by atoms with Gasteiger partial charge in [0.05, 0.1) is 5.69 Å². The van der Waals surface area contributed by atoms with Crippen LogP contribution in [0, 0.1) is 18.8 Å². The second-order valence-electron chi connectivity index (χ2n) is 7.26. The highest BCUT2D eigenvalue weighted by Gasteiger charge is 2.34. The smallest absolute Gasteiger partial charge is 0.203 e. The van der Waals surface area contributed by atoms with E-state index in [-0.39, 0.29) is 0 Å². The van der Waals surface area contributed by atoms with Gasteiger partial charge in [-0.3, -0.25) is 0 Å². The summed E-state index contributed by atoms with van der Waals surface area (Å²) in [7, 11) is 0. The summed E-state index contributed by atoms with van der Waals surface area (Å²) in [5, 5.41) is 3.75. The number of aromatic nitrogens is 2. The molecule has 118 valence electrons. The fourth-order valence-electron chi connectivity index (χ4n) is 4.50. The van der Waals surface area contributed by atoms with Gasteiger partial charge in [0.1, 0.15) is 0 Å². The first-order valence-electron chi connectivity index (χ1n) is 9.01. The van der Waals surface area contributed by atoms with Crippen LogP contribution >= 0.6 is 0 Å². The van der Waals surface area contributed by atoms with E-state index in [9.17, 15) is 0 Å². The Morgan fingerprint density at radius 3 is 2.62 bits per heavy atom. The summed E-state index contributed by atoms with van der Waals surface area (Å²) in [6.45, 7) is 6.90. The normalized spacial score (nSPS) is 30.7. The van der Waals surface area contributed by atoms with Crippen LogP contribution in [-0.4, -0.2) is 15.6 Å². The maximum absolute atomic E-state index is 4.79. The third-order valence-electron chi connectivity index (χ3n) is 5.86. The summed E-state index contributed by atoms with van der Waals surface area (Å²) in [5.41, 5.74) is 1.15. The molecular formula is C18H31N3. The third-order valence-corrected chi connectivity index (χ3v) is 5.86. The topological polar surface area (TPSA) is 29.9 Å². The summed E-state index contributed by atoms with van der Waals surface area (Å²) in [6, 6.07) is 1.28. The second-order valence-corrected chi connectivity index (χ2v) is 7.26. The van der Waals surface area contributed by atoms with Crippen molar-refractivity contribution in [3.05, 3.63) is 11.9 Å². The fraction of sp³-hybridized carbons (Fsp3) is 0.833. The molecule has 2 fully saturated rings. The minimum absolute atomic E-state index is 0.637. The van der Waals surface area contributed by atoms with Crippen molar-refractivity contribution < 1.29 is 0 Å². The minimum Gasteiger partial charge on any atom is -0.353 e. The van der Waals surface area contributed by atoms with Crippen LogP contribution in [0.25, 0.3) is 0 Å². The summed E-state index contributed by atoms with van der Waals surface area (Å²) >= 11 is 0. The molecule has 0 aliphatic heterocycles. The highest BCUT2D eigenvalue weighted by Crippen LogP contribution is 2.43. The molecule has 3 rings (SSSR count). The van der Waals surface area contributed by atoms with Crippen molar-refractivity contribution in [2.45, 2.75) is 84.2 Å². The van der Waals surface area contributed by atoms with Gasteiger partial charge in [-0.25, -0.2) is 4.98 Å². The molecule has 0 radical (unpaired) electrons. The molecule has 3 nitrogen and oxygen atoms in total. The highest BCUT2D eigenvalue weighted by molar-refractivity contribution is 5.31. The Balaban J connectivity index is 1.76. The van der Waals surface area contributed by atoms with E-state index in [0.717, 1.165) is 23.5 Å². The molecule has 3 heteroatoms. The predicted octanol–water partition coefficient (Wildman–Crippen LogP) is 4.93. The van der Waals surface area contributed by atoms with Crippen LogP contribution in [0.4, 0.5) is 5.95 Å². The minimum atomic E-state index is 0.637. The first-order valence-corrected chi connectivity index (χ1v) is 9.01. The van der Waals surface area contributed by atoms with Crippen LogP contribution < -0.4 is 5.32 Å². The van der Waals surface area contributed by atoms with Crippen LogP contribution in [0.3, 0.4) is 0 Å². The van der Waals surface area contributed by atoms with Gasteiger partial charge in [0.15, 0.2) is 0 Å². The van der Waals surface area contributed by atoms with E-state index in [0.29, 0.717) is 12.1 Å². The predicted molar refractivity (Wildman–Crippen MR) is 88.7 cm³/mol. The molecule has 0 aromatic carbocycles. The molecule has 0 saturated heterocycles. The van der Waals surface area contributed by atoms with Crippen molar-refractivity contribution in [3.63, 3.8) is 0 Å². The summed E-state index contributed by atoms with van der Waals surface area (Å²) in [6.07, 6.45) is 13.0. The SMILES string of the molecule is CCC1CCC(n2cc(C)nc2NC2CCCCC2)C1C. The van der Waals surface area contributed by atoms with E-state index in [2.05, 4.69) is 36.9 Å². The monoisotopic (exact) mass is 289 g/mol. The van der Waals surface area contributed by atoms with Gasteiger partial charge in [0.25, 0.3) is 0 Å². The Morgan fingerprint density at radius 1 is 1.19 bits per heavy atom. The second kappa shape index (κ2) is 6.41. The first kappa shape index (κ1) is 14.9. The molecule has 1 heterocycles. The zero-order valence-corrected chi connectivity index (χ0v) is 13.9. The molecule has 2 saturated carbocycles. The molecule has 3 unspecified atom stereocenters. The highest BCUT2D eigenvalue weighted by atomic mass is 15.2. The Morgan fingerprint density at radius 2 is 1.95 bits per heavy atom. The van der Waals surface area contributed by atoms with Crippen molar-refractivity contribution in [1.82, 2.24) is 9.55 Å². The van der Waals surface area contributed by atoms with Crippen LogP contribution in [0.5, 0.6) is 0 Å². The largest absolute Gasteiger partial charge is 0.353 e. The standard InChI is InChI=1S/C18H31N3/c1-4-15-10-11-17(14(15)3)21-12-13(2)19-18(21)20-16-8-6-5-7-9-16/h12,14-17H,4-11H2,1-3H3,(H,19,20). The fourth-order valence-corrected chi connectivity index (χ4v) is 4.50. The average Bonchev–Trinajstić information content (AvgIpc) is 3.02. The molecule has 21 heavy (non-hydrogen) atoms. The van der Waals surface area contributed by atoms with E-state index >= 15 is 0 Å². The van der Waals surface area contributed by atoms with E-state index < -0.39 is 0 Å². The number of aryl methyl sites for hydroxylation is 1. The van der Waals surface area contributed by atoms with Gasteiger partial charge in [-0.1, -0.05) is 39.5 Å². The van der Waals surface area contributed by atoms with E-state index in [1.165, 1.54) is 51.4 Å². The van der Waals surface area contributed by atoms with Crippen molar-refractivity contribution >= 4 is 5.95 Å². The Labute approximate surface area is 129 Å². The molecule has 1 aromatic rings. The van der Waals surface area contributed by atoms with E-state index in [1.54, 1.807) is 0 Å². The zero-order chi connectivity index (χ0) is 14.8. The molecule has 1 aromatic heterocycles. The Bertz CT molecular complexity index is 459. The lowest BCUT2D eigenvalue weighted by Gasteiger charge is -2.27. The summed E-state index contributed by atoms with van der Waals surface area (Å²) in [5.74, 6) is 2.80. The van der Waals surface area contributed by atoms with Gasteiger partial charge in [-0.05, 0) is 44.4 Å². The number of imidazole rings is 1. The van der Waals surface area contributed by atoms with Crippen molar-refractivity contribution in [2.75, 3.05) is 5.32 Å². The van der Waals surface area contributed by atoms with Crippen LogP contribution in [-0.2, 0) is 0 Å². The van der Waals surface area contributed by atoms with Gasteiger partial charge in [0.2, 0.25) is 5.95 Å². The number of nitrogens with one attached hydrogen (secondary N) is 1. The van der Waals surface area contributed by atoms with Gasteiger partial charge in [-0.2, -0.15) is 0 Å². The number of hydrogen-bond donors (Lipinski definition) is 1. The molecule has 0 spiro atoms. The van der Waals surface area contributed by atoms with Crippen molar-refractivity contribution in [3.8, 4) is 0 Å². The first-order chi connectivity index (χ1) is 10.2. The third kappa shape index (κ3) is 3.12. The van der Waals surface area contributed by atoms with E-state index in [4.69, 9.17) is 4.98 Å². The lowest BCUT2D eigenvalue weighted by molar-refractivity contribution is 0.330. The number of anilines is 1. The van der Waals surface area contributed by atoms with Crippen molar-refractivity contribution in [2.24, 2.45) is 11.8 Å². The zero-order valence-electron chi connectivity index (χ0n) is 13.9. The van der Waals surface area contributed by atoms with Gasteiger partial charge in [-0.15, -0.1) is 0 Å². The molecule has 2 aliphatic carbocycles. The summed E-state index contributed by atoms with van der Waals surface area (Å²) in [4.78, 5) is 4.79. The maximum atomic E-state index is 4.79. The van der Waals surface area contributed by atoms with Gasteiger partial charge in [0, 0.05) is 18.3 Å². The van der Waals surface area contributed by atoms with Gasteiger partial charge >= 0.3 is 0 Å². The molecule has 0 amide bonds.